The van der Waals surface area contributed by atoms with Gasteiger partial charge in [0.2, 0.25) is 12.2 Å². The summed E-state index contributed by atoms with van der Waals surface area (Å²) in [7, 11) is 3.34. The van der Waals surface area contributed by atoms with E-state index in [-0.39, 0.29) is 37.3 Å². The normalized spacial score (nSPS) is 19.5. The number of carbonyl (C=O) groups excluding carboxylic acids is 4. The maximum absolute atomic E-state index is 13.6. The van der Waals surface area contributed by atoms with Gasteiger partial charge in [0.25, 0.3) is 0 Å². The minimum absolute atomic E-state index is 0.00809. The molecule has 0 N–H and O–H groups in total. The van der Waals surface area contributed by atoms with E-state index in [4.69, 9.17) is 24.0 Å². The van der Waals surface area contributed by atoms with Crippen molar-refractivity contribution in [2.24, 2.45) is 24.8 Å². The van der Waals surface area contributed by atoms with Crippen LogP contribution in [0.5, 0.6) is 5.75 Å². The molecule has 2 aliphatic heterocycles. The molecule has 53 heavy (non-hydrogen) atoms. The Hall–Kier alpha value is -5.75. The molecule has 1 aromatic heterocycles. The van der Waals surface area contributed by atoms with Crippen molar-refractivity contribution in [3.8, 4) is 16.9 Å². The van der Waals surface area contributed by atoms with E-state index in [1.165, 1.54) is 30.2 Å². The number of aryl methyl sites for hydroxylation is 3. The van der Waals surface area contributed by atoms with Gasteiger partial charge in [-0.3, -0.25) is 9.68 Å². The molecule has 6 rings (SSSR count). The zero-order chi connectivity index (χ0) is 37.8. The molecule has 3 heterocycles. The summed E-state index contributed by atoms with van der Waals surface area (Å²) in [5.41, 5.74) is 5.93. The Kier molecular flexibility index (Phi) is 11.1. The molecule has 1 fully saturated rings. The van der Waals surface area contributed by atoms with Crippen LogP contribution in [0.1, 0.15) is 37.0 Å². The van der Waals surface area contributed by atoms with Gasteiger partial charge < -0.3 is 19.1 Å². The SMILES string of the molecule is C=CCOOC(=O)C(C)C1C(=O)N2C(C(=O)OCC=C)=C(COc3cccc4c3-c3ccc(CCCn5cc[n+](C)c5)cc3C4=CC(=O)OC)[C@H](C)C12. The van der Waals surface area contributed by atoms with E-state index in [1.54, 1.807) is 6.92 Å². The molecule has 1 amide bonds. The maximum Gasteiger partial charge on any atom is 0.355 e. The fourth-order valence-electron chi connectivity index (χ4n) is 7.48. The summed E-state index contributed by atoms with van der Waals surface area (Å²) < 4.78 is 21.2. The molecule has 3 aliphatic rings. The minimum Gasteiger partial charge on any atom is -0.488 e. The summed E-state index contributed by atoms with van der Waals surface area (Å²) in [6, 6.07) is 11.4. The average molecular weight is 723 g/mol. The molecule has 1 saturated heterocycles. The Morgan fingerprint density at radius 3 is 2.57 bits per heavy atom. The zero-order valence-electron chi connectivity index (χ0n) is 30.4. The highest BCUT2D eigenvalue weighted by atomic mass is 17.2. The highest BCUT2D eigenvalue weighted by Gasteiger charge is 2.61. The summed E-state index contributed by atoms with van der Waals surface area (Å²) in [6.07, 6.45) is 12.3. The van der Waals surface area contributed by atoms with E-state index in [0.717, 1.165) is 52.8 Å². The van der Waals surface area contributed by atoms with Gasteiger partial charge >= 0.3 is 17.9 Å². The molecular formula is C41H44N3O9+. The van der Waals surface area contributed by atoms with E-state index in [2.05, 4.69) is 29.9 Å². The molecule has 276 valence electrons. The summed E-state index contributed by atoms with van der Waals surface area (Å²) in [6.45, 7) is 11.5. The smallest absolute Gasteiger partial charge is 0.355 e. The summed E-state index contributed by atoms with van der Waals surface area (Å²) in [4.78, 5) is 63.6. The van der Waals surface area contributed by atoms with E-state index >= 15 is 0 Å². The Balaban J connectivity index is 1.28. The van der Waals surface area contributed by atoms with Crippen molar-refractivity contribution in [2.75, 3.05) is 26.9 Å². The Labute approximate surface area is 308 Å². The first-order valence-electron chi connectivity index (χ1n) is 17.6. The van der Waals surface area contributed by atoms with Gasteiger partial charge in [0.05, 0.1) is 38.6 Å². The number of benzene rings is 2. The molecule has 12 nitrogen and oxygen atoms in total. The molecule has 3 aromatic rings. The number of rotatable bonds is 16. The number of fused-ring (bicyclic) bond motifs is 4. The van der Waals surface area contributed by atoms with Gasteiger partial charge in [-0.15, -0.1) is 6.58 Å². The molecule has 1 aliphatic carbocycles. The number of imidazole rings is 1. The Morgan fingerprint density at radius 1 is 1.06 bits per heavy atom. The number of methoxy groups -OCH3 is 1. The topological polar surface area (TPSA) is 126 Å². The monoisotopic (exact) mass is 722 g/mol. The van der Waals surface area contributed by atoms with Crippen molar-refractivity contribution in [1.29, 1.82) is 0 Å². The molecular weight excluding hydrogens is 678 g/mol. The average Bonchev–Trinajstić information content (AvgIpc) is 3.79. The molecule has 4 atom stereocenters. The van der Waals surface area contributed by atoms with Crippen molar-refractivity contribution in [3.63, 3.8) is 0 Å². The fourth-order valence-corrected chi connectivity index (χ4v) is 7.48. The molecule has 3 unspecified atom stereocenters. The van der Waals surface area contributed by atoms with Gasteiger partial charge in [-0.2, -0.15) is 4.89 Å². The minimum atomic E-state index is -0.836. The number of hydrogen-bond donors (Lipinski definition) is 0. The number of nitrogens with zero attached hydrogens (tertiary/aromatic N) is 3. The van der Waals surface area contributed by atoms with Gasteiger partial charge in [-0.05, 0) is 46.7 Å². The van der Waals surface area contributed by atoms with Crippen LogP contribution in [0.2, 0.25) is 0 Å². The Morgan fingerprint density at radius 2 is 1.85 bits per heavy atom. The van der Waals surface area contributed by atoms with E-state index in [0.29, 0.717) is 11.3 Å². The van der Waals surface area contributed by atoms with Gasteiger partial charge in [0.15, 0.2) is 0 Å². The second-order valence-corrected chi connectivity index (χ2v) is 13.4. The summed E-state index contributed by atoms with van der Waals surface area (Å²) in [5, 5.41) is 0. The van der Waals surface area contributed by atoms with Crippen LogP contribution in [0.15, 0.2) is 97.8 Å². The van der Waals surface area contributed by atoms with Crippen molar-refractivity contribution in [3.05, 3.63) is 114 Å². The lowest BCUT2D eigenvalue weighted by molar-refractivity contribution is -0.671. The highest BCUT2D eigenvalue weighted by molar-refractivity contribution is 6.08. The van der Waals surface area contributed by atoms with Crippen molar-refractivity contribution >= 4 is 29.4 Å². The lowest BCUT2D eigenvalue weighted by Gasteiger charge is -2.47. The number of hydrogen-bond acceptors (Lipinski definition) is 9. The van der Waals surface area contributed by atoms with Gasteiger partial charge in [0, 0.05) is 23.1 Å². The van der Waals surface area contributed by atoms with E-state index in [9.17, 15) is 19.2 Å². The van der Waals surface area contributed by atoms with Gasteiger partial charge in [-0.25, -0.2) is 23.5 Å². The van der Waals surface area contributed by atoms with Crippen molar-refractivity contribution in [1.82, 2.24) is 9.47 Å². The second kappa shape index (κ2) is 15.9. The largest absolute Gasteiger partial charge is 0.488 e. The third-order valence-corrected chi connectivity index (χ3v) is 10.1. The van der Waals surface area contributed by atoms with Crippen LogP contribution in [0.3, 0.4) is 0 Å². The predicted octanol–water partition coefficient (Wildman–Crippen LogP) is 4.67. The van der Waals surface area contributed by atoms with Crippen molar-refractivity contribution in [2.45, 2.75) is 39.3 Å². The molecule has 0 radical (unpaired) electrons. The van der Waals surface area contributed by atoms with E-state index in [1.807, 2.05) is 61.5 Å². The number of aromatic nitrogens is 2. The van der Waals surface area contributed by atoms with Crippen LogP contribution in [0.4, 0.5) is 0 Å². The number of β-lactam (4-membered cyclic amide) rings is 1. The van der Waals surface area contributed by atoms with Crippen LogP contribution in [0.25, 0.3) is 16.7 Å². The molecule has 0 bridgehead atoms. The third-order valence-electron chi connectivity index (χ3n) is 10.1. The van der Waals surface area contributed by atoms with Crippen molar-refractivity contribution < 1.29 is 47.7 Å². The third kappa shape index (κ3) is 7.19. The zero-order valence-corrected chi connectivity index (χ0v) is 30.4. The lowest BCUT2D eigenvalue weighted by atomic mass is 9.74. The van der Waals surface area contributed by atoms with Crippen LogP contribution in [-0.2, 0) is 58.4 Å². The van der Waals surface area contributed by atoms with Crippen LogP contribution < -0.4 is 9.30 Å². The fraction of sp³-hybridized carbons (Fsp3) is 0.341. The van der Waals surface area contributed by atoms with Gasteiger partial charge in [0.1, 0.15) is 43.7 Å². The van der Waals surface area contributed by atoms with E-state index < -0.39 is 35.8 Å². The second-order valence-electron chi connectivity index (χ2n) is 13.4. The van der Waals surface area contributed by atoms with Crippen LogP contribution in [0, 0.1) is 17.8 Å². The van der Waals surface area contributed by atoms with Gasteiger partial charge in [-0.1, -0.05) is 62.9 Å². The maximum atomic E-state index is 13.6. The first-order chi connectivity index (χ1) is 25.6. The number of amides is 1. The quantitative estimate of drug-likeness (QED) is 0.0237. The predicted molar refractivity (Wildman–Crippen MR) is 193 cm³/mol. The highest BCUT2D eigenvalue weighted by Crippen LogP contribution is 2.51. The Bertz CT molecular complexity index is 2030. The summed E-state index contributed by atoms with van der Waals surface area (Å²) in [5.74, 6) is -3.63. The molecule has 0 spiro atoms. The first kappa shape index (κ1) is 37.0. The number of carbonyl (C=O) groups is 4. The number of ether oxygens (including phenoxy) is 3. The summed E-state index contributed by atoms with van der Waals surface area (Å²) >= 11 is 0. The molecule has 0 saturated carbocycles. The lowest BCUT2D eigenvalue weighted by Crippen LogP contribution is -2.63. The molecule has 2 aromatic carbocycles. The molecule has 12 heteroatoms. The van der Waals surface area contributed by atoms with Crippen LogP contribution >= 0.6 is 0 Å². The first-order valence-corrected chi connectivity index (χ1v) is 17.6. The standard InChI is InChI=1S/C41H44N3O9/c1-7-19-50-41(48)38-32(25(3)37-35(39(46)44(37)38)26(4)40(47)53-52-20-8-2)23-51-33-13-9-12-28-31(22-34(45)49-6)30-21-27(14-15-29(30)36(28)33)11-10-16-43-18-17-42(5)24-43/h7-9,12-15,17-18,21-22,24-26,35,37H,1-2,10-11,16,19-20,23H2,3-6H3/q+1/t25-,26?,35?,37?/m0/s1. The van der Waals surface area contributed by atoms with Crippen LogP contribution in [-0.4, -0.2) is 66.3 Å². The number of esters is 2.